The van der Waals surface area contributed by atoms with Crippen molar-refractivity contribution in [3.8, 4) is 11.5 Å². The van der Waals surface area contributed by atoms with Gasteiger partial charge < -0.3 is 25.0 Å². The van der Waals surface area contributed by atoms with Gasteiger partial charge in [-0.25, -0.2) is 4.79 Å². The number of hydrogen-bond donors (Lipinski definition) is 2. The Hall–Kier alpha value is -2.44. The molecule has 27 heavy (non-hydrogen) atoms. The molecule has 0 radical (unpaired) electrons. The van der Waals surface area contributed by atoms with Gasteiger partial charge in [0.1, 0.15) is 11.5 Å². The molecule has 0 atom stereocenters. The molecule has 0 heterocycles. The summed E-state index contributed by atoms with van der Waals surface area (Å²) in [7, 11) is 5.10. The number of hydrogen-bond acceptors (Lipinski definition) is 4. The molecule has 146 valence electrons. The molecule has 0 fully saturated rings. The Morgan fingerprint density at radius 3 is 2.48 bits per heavy atom. The number of halogens is 1. The summed E-state index contributed by atoms with van der Waals surface area (Å²) in [5, 5.41) is 6.03. The lowest BCUT2D eigenvalue weighted by Gasteiger charge is -2.15. The van der Waals surface area contributed by atoms with Crippen LogP contribution in [0.1, 0.15) is 18.1 Å². The van der Waals surface area contributed by atoms with E-state index in [1.165, 1.54) is 19.8 Å². The van der Waals surface area contributed by atoms with E-state index in [2.05, 4.69) is 41.6 Å². The third kappa shape index (κ3) is 6.05. The molecule has 2 N–H and O–H groups in total. The molecule has 2 aromatic rings. The maximum atomic E-state index is 12.3. The number of amides is 2. The molecule has 0 bridgehead atoms. The fraction of sp³-hybridized carbons (Fsp3) is 0.350. The number of anilines is 1. The number of nitrogens with zero attached hydrogens (tertiary/aromatic N) is 1. The van der Waals surface area contributed by atoms with Crippen molar-refractivity contribution in [3.05, 3.63) is 52.5 Å². The molecule has 0 aliphatic carbocycles. The van der Waals surface area contributed by atoms with Gasteiger partial charge in [-0.2, -0.15) is 0 Å². The Morgan fingerprint density at radius 1 is 1.11 bits per heavy atom. The fourth-order valence-electron chi connectivity index (χ4n) is 2.57. The first-order valence-electron chi connectivity index (χ1n) is 8.69. The van der Waals surface area contributed by atoms with E-state index in [9.17, 15) is 4.79 Å². The minimum atomic E-state index is -0.339. The van der Waals surface area contributed by atoms with Crippen molar-refractivity contribution >= 4 is 23.3 Å². The van der Waals surface area contributed by atoms with Gasteiger partial charge >= 0.3 is 6.03 Å². The molecule has 2 rings (SSSR count). The van der Waals surface area contributed by atoms with Crippen LogP contribution in [-0.4, -0.2) is 38.7 Å². The number of carbonyl (C=O) groups is 1. The molecule has 0 aliphatic heterocycles. The maximum Gasteiger partial charge on any atom is 0.319 e. The van der Waals surface area contributed by atoms with E-state index in [-0.39, 0.29) is 6.03 Å². The third-order valence-electron chi connectivity index (χ3n) is 4.16. The van der Waals surface area contributed by atoms with Crippen LogP contribution in [0.5, 0.6) is 11.5 Å². The number of ether oxygens (including phenoxy) is 2. The lowest BCUT2D eigenvalue weighted by molar-refractivity contribution is 0.251. The van der Waals surface area contributed by atoms with E-state index in [1.54, 1.807) is 12.1 Å². The Labute approximate surface area is 165 Å². The number of methoxy groups -OCH3 is 2. The SMILES string of the molecule is CCN(C)Cc1cccc(CNC(=O)Nc2cc(OC)c(Cl)cc2OC)c1. The van der Waals surface area contributed by atoms with Crippen LogP contribution in [0.4, 0.5) is 10.5 Å². The minimum absolute atomic E-state index is 0.339. The number of benzene rings is 2. The summed E-state index contributed by atoms with van der Waals surface area (Å²) < 4.78 is 10.5. The molecule has 0 saturated heterocycles. The van der Waals surface area contributed by atoms with Gasteiger partial charge in [0.05, 0.1) is 24.9 Å². The monoisotopic (exact) mass is 391 g/mol. The first-order valence-corrected chi connectivity index (χ1v) is 9.07. The Balaban J connectivity index is 2.00. The summed E-state index contributed by atoms with van der Waals surface area (Å²) in [4.78, 5) is 14.5. The topological polar surface area (TPSA) is 62.8 Å². The van der Waals surface area contributed by atoms with Crippen LogP contribution in [0.15, 0.2) is 36.4 Å². The van der Waals surface area contributed by atoms with Gasteiger partial charge in [0.25, 0.3) is 0 Å². The van der Waals surface area contributed by atoms with E-state index in [4.69, 9.17) is 21.1 Å². The van der Waals surface area contributed by atoms with Gasteiger partial charge in [0.15, 0.2) is 0 Å². The zero-order valence-corrected chi connectivity index (χ0v) is 16.9. The predicted octanol–water partition coefficient (Wildman–Crippen LogP) is 4.13. The Kier molecular flexibility index (Phi) is 7.76. The maximum absolute atomic E-state index is 12.3. The highest BCUT2D eigenvalue weighted by atomic mass is 35.5. The second-order valence-corrected chi connectivity index (χ2v) is 6.55. The standard InChI is InChI=1S/C20H26ClN3O3/c1-5-24(2)13-15-8-6-7-14(9-15)12-22-20(25)23-17-11-18(26-3)16(21)10-19(17)27-4/h6-11H,5,12-13H2,1-4H3,(H2,22,23,25). The summed E-state index contributed by atoms with van der Waals surface area (Å²) in [6.45, 7) is 4.40. The Bertz CT molecular complexity index is 783. The lowest BCUT2D eigenvalue weighted by Crippen LogP contribution is -2.28. The zero-order chi connectivity index (χ0) is 19.8. The van der Waals surface area contributed by atoms with Crippen LogP contribution < -0.4 is 20.1 Å². The van der Waals surface area contributed by atoms with E-state index < -0.39 is 0 Å². The van der Waals surface area contributed by atoms with Gasteiger partial charge in [-0.15, -0.1) is 0 Å². The van der Waals surface area contributed by atoms with Crippen molar-refractivity contribution in [1.82, 2.24) is 10.2 Å². The fourth-order valence-corrected chi connectivity index (χ4v) is 2.80. The summed E-state index contributed by atoms with van der Waals surface area (Å²) in [5.41, 5.74) is 2.73. The number of carbonyl (C=O) groups excluding carboxylic acids is 1. The average molecular weight is 392 g/mol. The molecule has 2 aromatic carbocycles. The van der Waals surface area contributed by atoms with Crippen LogP contribution in [0.3, 0.4) is 0 Å². The quantitative estimate of drug-likeness (QED) is 0.710. The summed E-state index contributed by atoms with van der Waals surface area (Å²) in [5.74, 6) is 0.918. The van der Waals surface area contributed by atoms with E-state index in [0.717, 1.165) is 18.7 Å². The molecule has 0 unspecified atom stereocenters. The highest BCUT2D eigenvalue weighted by Crippen LogP contribution is 2.35. The van der Waals surface area contributed by atoms with E-state index in [1.807, 2.05) is 12.1 Å². The molecule has 0 spiro atoms. The van der Waals surface area contributed by atoms with Crippen molar-refractivity contribution in [2.75, 3.05) is 33.1 Å². The normalized spacial score (nSPS) is 10.6. The zero-order valence-electron chi connectivity index (χ0n) is 16.1. The van der Waals surface area contributed by atoms with E-state index >= 15 is 0 Å². The van der Waals surface area contributed by atoms with Crippen molar-refractivity contribution in [2.45, 2.75) is 20.0 Å². The molecule has 0 aromatic heterocycles. The third-order valence-corrected chi connectivity index (χ3v) is 4.45. The van der Waals surface area contributed by atoms with Gasteiger partial charge in [0.2, 0.25) is 0 Å². The van der Waals surface area contributed by atoms with Gasteiger partial charge in [-0.3, -0.25) is 0 Å². The summed E-state index contributed by atoms with van der Waals surface area (Å²) in [6, 6.07) is 11.1. The molecule has 2 amide bonds. The van der Waals surface area contributed by atoms with Crippen molar-refractivity contribution in [2.24, 2.45) is 0 Å². The van der Waals surface area contributed by atoms with Crippen molar-refractivity contribution in [1.29, 1.82) is 0 Å². The first kappa shape index (κ1) is 20.9. The smallest absolute Gasteiger partial charge is 0.319 e. The molecule has 7 heteroatoms. The Morgan fingerprint density at radius 2 is 1.81 bits per heavy atom. The van der Waals surface area contributed by atoms with Crippen LogP contribution in [0.25, 0.3) is 0 Å². The summed E-state index contributed by atoms with van der Waals surface area (Å²) >= 11 is 6.08. The van der Waals surface area contributed by atoms with Crippen LogP contribution >= 0.6 is 11.6 Å². The molecule has 0 aliphatic rings. The number of urea groups is 1. The highest BCUT2D eigenvalue weighted by molar-refractivity contribution is 6.32. The van der Waals surface area contributed by atoms with E-state index in [0.29, 0.717) is 28.8 Å². The van der Waals surface area contributed by atoms with Gasteiger partial charge in [-0.05, 0) is 24.7 Å². The number of nitrogens with one attached hydrogen (secondary N) is 2. The molecular formula is C20H26ClN3O3. The van der Waals surface area contributed by atoms with Gasteiger partial charge in [0, 0.05) is 25.2 Å². The van der Waals surface area contributed by atoms with Crippen molar-refractivity contribution < 1.29 is 14.3 Å². The average Bonchev–Trinajstić information content (AvgIpc) is 2.67. The lowest BCUT2D eigenvalue weighted by atomic mass is 10.1. The van der Waals surface area contributed by atoms with Gasteiger partial charge in [-0.1, -0.05) is 42.8 Å². The molecule has 6 nitrogen and oxygen atoms in total. The van der Waals surface area contributed by atoms with Crippen LogP contribution in [0, 0.1) is 0 Å². The largest absolute Gasteiger partial charge is 0.495 e. The second-order valence-electron chi connectivity index (χ2n) is 6.15. The predicted molar refractivity (Wildman–Crippen MR) is 109 cm³/mol. The molecule has 0 saturated carbocycles. The molecular weight excluding hydrogens is 366 g/mol. The van der Waals surface area contributed by atoms with Crippen LogP contribution in [-0.2, 0) is 13.1 Å². The van der Waals surface area contributed by atoms with Crippen molar-refractivity contribution in [3.63, 3.8) is 0 Å². The highest BCUT2D eigenvalue weighted by Gasteiger charge is 2.12. The summed E-state index contributed by atoms with van der Waals surface area (Å²) in [6.07, 6.45) is 0. The number of rotatable bonds is 8. The second kappa shape index (κ2) is 10.0. The first-order chi connectivity index (χ1) is 13.0. The minimum Gasteiger partial charge on any atom is -0.495 e. The van der Waals surface area contributed by atoms with Crippen LogP contribution in [0.2, 0.25) is 5.02 Å².